The van der Waals surface area contributed by atoms with E-state index >= 15 is 0 Å². The van der Waals surface area contributed by atoms with Crippen molar-refractivity contribution in [2.45, 2.75) is 32.9 Å². The molecule has 1 aromatic heterocycles. The van der Waals surface area contributed by atoms with Crippen LogP contribution in [0.5, 0.6) is 0 Å². The maximum absolute atomic E-state index is 9.56. The number of rotatable bonds is 6. The molecule has 1 heterocycles. The minimum absolute atomic E-state index is 0. The van der Waals surface area contributed by atoms with Gasteiger partial charge in [0.1, 0.15) is 5.76 Å². The molecule has 15 heavy (non-hydrogen) atoms. The highest BCUT2D eigenvalue weighted by Crippen LogP contribution is 2.04. The van der Waals surface area contributed by atoms with Crippen LogP contribution < -0.4 is 5.32 Å². The number of aliphatic hydroxyl groups is 1. The normalized spacial score (nSPS) is 12.5. The summed E-state index contributed by atoms with van der Waals surface area (Å²) in [4.78, 5) is 0. The highest BCUT2D eigenvalue weighted by Gasteiger charge is 2.06. The van der Waals surface area contributed by atoms with Crippen molar-refractivity contribution in [3.63, 3.8) is 0 Å². The van der Waals surface area contributed by atoms with E-state index in [1.807, 2.05) is 12.1 Å². The maximum atomic E-state index is 9.56. The summed E-state index contributed by atoms with van der Waals surface area (Å²) in [5.74, 6) is 1.44. The number of aliphatic hydroxyl groups excluding tert-OH is 1. The molecule has 0 spiro atoms. The number of furan rings is 1. The van der Waals surface area contributed by atoms with Gasteiger partial charge in [0, 0.05) is 6.54 Å². The molecule has 0 saturated carbocycles. The van der Waals surface area contributed by atoms with Crippen molar-refractivity contribution in [1.29, 1.82) is 0 Å². The van der Waals surface area contributed by atoms with Crippen LogP contribution >= 0.6 is 12.4 Å². The molecule has 0 aromatic carbocycles. The molecule has 0 amide bonds. The van der Waals surface area contributed by atoms with Gasteiger partial charge in [0.25, 0.3) is 0 Å². The standard InChI is InChI=1S/C11H19NO2.ClH/c1-9(2)6-10(13)7-12-8-11-4-3-5-14-11;/h3-5,9-10,12-13H,6-8H2,1-2H3;1H. The first-order valence-electron chi connectivity index (χ1n) is 5.09. The van der Waals surface area contributed by atoms with E-state index in [2.05, 4.69) is 19.2 Å². The van der Waals surface area contributed by atoms with E-state index in [-0.39, 0.29) is 18.5 Å². The van der Waals surface area contributed by atoms with E-state index in [1.54, 1.807) is 6.26 Å². The van der Waals surface area contributed by atoms with Gasteiger partial charge < -0.3 is 14.8 Å². The zero-order chi connectivity index (χ0) is 10.4. The summed E-state index contributed by atoms with van der Waals surface area (Å²) < 4.78 is 5.15. The summed E-state index contributed by atoms with van der Waals surface area (Å²) in [5, 5.41) is 12.7. The summed E-state index contributed by atoms with van der Waals surface area (Å²) in [6.07, 6.45) is 2.23. The van der Waals surface area contributed by atoms with Crippen LogP contribution in [0.15, 0.2) is 22.8 Å². The van der Waals surface area contributed by atoms with Crippen LogP contribution in [0.2, 0.25) is 0 Å². The predicted octanol–water partition coefficient (Wildman–Crippen LogP) is 2.20. The molecule has 88 valence electrons. The molecule has 2 N–H and O–H groups in total. The summed E-state index contributed by atoms with van der Waals surface area (Å²) in [7, 11) is 0. The van der Waals surface area contributed by atoms with E-state index in [0.717, 1.165) is 12.2 Å². The second kappa shape index (κ2) is 7.74. The summed E-state index contributed by atoms with van der Waals surface area (Å²) >= 11 is 0. The Morgan fingerprint density at radius 3 is 2.73 bits per heavy atom. The first kappa shape index (κ1) is 14.5. The van der Waals surface area contributed by atoms with E-state index in [1.165, 1.54) is 0 Å². The van der Waals surface area contributed by atoms with E-state index < -0.39 is 0 Å². The molecule has 0 fully saturated rings. The molecule has 0 bridgehead atoms. The third kappa shape index (κ3) is 6.55. The molecule has 3 nitrogen and oxygen atoms in total. The van der Waals surface area contributed by atoms with Crippen LogP contribution in [0.3, 0.4) is 0 Å². The fourth-order valence-corrected chi connectivity index (χ4v) is 1.40. The lowest BCUT2D eigenvalue weighted by Crippen LogP contribution is -2.27. The summed E-state index contributed by atoms with van der Waals surface area (Å²) in [6.45, 7) is 5.52. The smallest absolute Gasteiger partial charge is 0.117 e. The fourth-order valence-electron chi connectivity index (χ4n) is 1.40. The quantitative estimate of drug-likeness (QED) is 0.792. The molecule has 0 saturated heterocycles. The molecule has 0 aliphatic heterocycles. The molecule has 1 aromatic rings. The summed E-state index contributed by atoms with van der Waals surface area (Å²) in [6, 6.07) is 3.78. The summed E-state index contributed by atoms with van der Waals surface area (Å²) in [5.41, 5.74) is 0. The Balaban J connectivity index is 0.00000196. The zero-order valence-electron chi connectivity index (χ0n) is 9.27. The molecule has 4 heteroatoms. The second-order valence-electron chi connectivity index (χ2n) is 3.99. The van der Waals surface area contributed by atoms with Crippen molar-refractivity contribution in [1.82, 2.24) is 5.32 Å². The van der Waals surface area contributed by atoms with Gasteiger partial charge in [-0.15, -0.1) is 12.4 Å². The highest BCUT2D eigenvalue weighted by molar-refractivity contribution is 5.85. The Labute approximate surface area is 97.3 Å². The predicted molar refractivity (Wildman–Crippen MR) is 63.1 cm³/mol. The highest BCUT2D eigenvalue weighted by atomic mass is 35.5. The van der Waals surface area contributed by atoms with Crippen molar-refractivity contribution in [3.05, 3.63) is 24.2 Å². The number of hydrogen-bond donors (Lipinski definition) is 2. The van der Waals surface area contributed by atoms with Crippen LogP contribution in [0.4, 0.5) is 0 Å². The lowest BCUT2D eigenvalue weighted by molar-refractivity contribution is 0.145. The van der Waals surface area contributed by atoms with Crippen LogP contribution in [-0.4, -0.2) is 17.8 Å². The first-order valence-corrected chi connectivity index (χ1v) is 5.09. The maximum Gasteiger partial charge on any atom is 0.117 e. The van der Waals surface area contributed by atoms with Crippen LogP contribution in [0, 0.1) is 5.92 Å². The minimum atomic E-state index is -0.259. The van der Waals surface area contributed by atoms with Gasteiger partial charge in [0.15, 0.2) is 0 Å². The van der Waals surface area contributed by atoms with Gasteiger partial charge in [0.05, 0.1) is 18.9 Å². The SMILES string of the molecule is CC(C)CC(O)CNCc1ccco1.Cl. The molecule has 1 unspecified atom stereocenters. The van der Waals surface area contributed by atoms with Gasteiger partial charge in [-0.3, -0.25) is 0 Å². The lowest BCUT2D eigenvalue weighted by Gasteiger charge is -2.13. The fraction of sp³-hybridized carbons (Fsp3) is 0.636. The van der Waals surface area contributed by atoms with E-state index in [0.29, 0.717) is 19.0 Å². The average molecular weight is 234 g/mol. The third-order valence-electron chi connectivity index (χ3n) is 2.00. The van der Waals surface area contributed by atoms with Gasteiger partial charge in [-0.05, 0) is 24.5 Å². The lowest BCUT2D eigenvalue weighted by atomic mass is 10.1. The van der Waals surface area contributed by atoms with Crippen molar-refractivity contribution in [2.24, 2.45) is 5.92 Å². The average Bonchev–Trinajstić information content (AvgIpc) is 2.55. The van der Waals surface area contributed by atoms with Crippen LogP contribution in [0.25, 0.3) is 0 Å². The first-order chi connectivity index (χ1) is 6.68. The van der Waals surface area contributed by atoms with Crippen molar-refractivity contribution in [3.8, 4) is 0 Å². The van der Waals surface area contributed by atoms with Crippen molar-refractivity contribution < 1.29 is 9.52 Å². The Bertz CT molecular complexity index is 237. The molecular formula is C11H20ClNO2. The molecule has 0 radical (unpaired) electrons. The monoisotopic (exact) mass is 233 g/mol. The third-order valence-corrected chi connectivity index (χ3v) is 2.00. The zero-order valence-corrected chi connectivity index (χ0v) is 10.1. The molecular weight excluding hydrogens is 214 g/mol. The van der Waals surface area contributed by atoms with Gasteiger partial charge >= 0.3 is 0 Å². The Morgan fingerprint density at radius 2 is 2.20 bits per heavy atom. The topological polar surface area (TPSA) is 45.4 Å². The number of hydrogen-bond acceptors (Lipinski definition) is 3. The number of nitrogens with one attached hydrogen (secondary N) is 1. The van der Waals surface area contributed by atoms with Crippen molar-refractivity contribution in [2.75, 3.05) is 6.54 Å². The molecule has 1 atom stereocenters. The van der Waals surface area contributed by atoms with Crippen LogP contribution in [0.1, 0.15) is 26.0 Å². The van der Waals surface area contributed by atoms with Gasteiger partial charge in [-0.2, -0.15) is 0 Å². The minimum Gasteiger partial charge on any atom is -0.468 e. The molecule has 1 rings (SSSR count). The van der Waals surface area contributed by atoms with Crippen LogP contribution in [-0.2, 0) is 6.54 Å². The second-order valence-corrected chi connectivity index (χ2v) is 3.99. The van der Waals surface area contributed by atoms with E-state index in [9.17, 15) is 5.11 Å². The van der Waals surface area contributed by atoms with Gasteiger partial charge in [-0.1, -0.05) is 13.8 Å². The number of halogens is 1. The molecule has 0 aliphatic carbocycles. The van der Waals surface area contributed by atoms with Gasteiger partial charge in [-0.25, -0.2) is 0 Å². The Kier molecular flexibility index (Phi) is 7.48. The van der Waals surface area contributed by atoms with Gasteiger partial charge in [0.2, 0.25) is 0 Å². The largest absolute Gasteiger partial charge is 0.468 e. The Morgan fingerprint density at radius 1 is 1.47 bits per heavy atom. The molecule has 0 aliphatic rings. The van der Waals surface area contributed by atoms with Crippen molar-refractivity contribution >= 4 is 12.4 Å². The van der Waals surface area contributed by atoms with E-state index in [4.69, 9.17) is 4.42 Å². The Hall–Kier alpha value is -0.510.